The van der Waals surface area contributed by atoms with Gasteiger partial charge in [0.25, 0.3) is 11.7 Å². The van der Waals surface area contributed by atoms with E-state index in [1.165, 1.54) is 6.07 Å². The number of carbonyl (C=O) groups excluding carboxylic acids is 3. The van der Waals surface area contributed by atoms with Crippen LogP contribution in [0.2, 0.25) is 0 Å². The van der Waals surface area contributed by atoms with Gasteiger partial charge in [0.2, 0.25) is 12.3 Å². The highest BCUT2D eigenvalue weighted by atomic mass is 32.1. The second kappa shape index (κ2) is 10.8. The van der Waals surface area contributed by atoms with E-state index in [-0.39, 0.29) is 12.3 Å². The van der Waals surface area contributed by atoms with Gasteiger partial charge in [-0.15, -0.1) is 11.3 Å². The van der Waals surface area contributed by atoms with Crippen molar-refractivity contribution in [2.24, 2.45) is 5.92 Å². The standard InChI is InChI=1S/C17H22F2N2O6S/c1-8(2)6-10(21-16(25)14(23)11-4-3-5-28-11)15(24)20-9(7-12(18)19)13(22)17(26)27/h3-5,8-10,12,14,23H,6-7H2,1-2H3,(H,20,24)(H,21,25)(H,26,27)/t9-,10-,14+/m0/s1. The molecule has 8 nitrogen and oxygen atoms in total. The summed E-state index contributed by atoms with van der Waals surface area (Å²) < 4.78 is 25.3. The number of carboxylic acid groups (broad SMARTS) is 1. The molecule has 156 valence electrons. The molecule has 0 saturated carbocycles. The number of hydrogen-bond donors (Lipinski definition) is 4. The maximum absolute atomic E-state index is 12.6. The molecule has 0 spiro atoms. The van der Waals surface area contributed by atoms with E-state index in [9.17, 15) is 33.1 Å². The lowest BCUT2D eigenvalue weighted by molar-refractivity contribution is -0.151. The van der Waals surface area contributed by atoms with Crippen LogP contribution >= 0.6 is 11.3 Å². The number of ketones is 1. The van der Waals surface area contributed by atoms with E-state index in [4.69, 9.17) is 5.11 Å². The molecule has 0 unspecified atom stereocenters. The van der Waals surface area contributed by atoms with Gasteiger partial charge in [-0.2, -0.15) is 0 Å². The number of amides is 2. The third kappa shape index (κ3) is 7.31. The maximum Gasteiger partial charge on any atom is 0.374 e. The van der Waals surface area contributed by atoms with E-state index in [0.29, 0.717) is 4.88 Å². The van der Waals surface area contributed by atoms with Gasteiger partial charge in [-0.1, -0.05) is 19.9 Å². The zero-order valence-electron chi connectivity index (χ0n) is 15.2. The fourth-order valence-electron chi connectivity index (χ4n) is 2.36. The van der Waals surface area contributed by atoms with Crippen LogP contribution in [0.15, 0.2) is 17.5 Å². The largest absolute Gasteiger partial charge is 0.475 e. The normalized spacial score (nSPS) is 14.4. The van der Waals surface area contributed by atoms with Gasteiger partial charge in [0.1, 0.15) is 12.1 Å². The van der Waals surface area contributed by atoms with Gasteiger partial charge < -0.3 is 20.8 Å². The fourth-order valence-corrected chi connectivity index (χ4v) is 3.07. The van der Waals surface area contributed by atoms with Crippen molar-refractivity contribution in [3.63, 3.8) is 0 Å². The van der Waals surface area contributed by atoms with Crippen LogP contribution in [0.5, 0.6) is 0 Å². The second-order valence-electron chi connectivity index (χ2n) is 6.47. The molecule has 1 heterocycles. The number of alkyl halides is 2. The van der Waals surface area contributed by atoms with Crippen molar-refractivity contribution in [1.82, 2.24) is 10.6 Å². The van der Waals surface area contributed by atoms with E-state index in [2.05, 4.69) is 5.32 Å². The van der Waals surface area contributed by atoms with E-state index in [1.807, 2.05) is 5.32 Å². The SMILES string of the molecule is CC(C)C[C@H](NC(=O)[C@H](O)c1cccs1)C(=O)N[C@@H](CC(F)F)C(=O)C(=O)O. The van der Waals surface area contributed by atoms with Crippen LogP contribution in [0.25, 0.3) is 0 Å². The van der Waals surface area contributed by atoms with E-state index in [1.54, 1.807) is 25.3 Å². The number of nitrogens with one attached hydrogen (secondary N) is 2. The van der Waals surface area contributed by atoms with Crippen molar-refractivity contribution in [1.29, 1.82) is 0 Å². The first-order chi connectivity index (χ1) is 13.0. The number of thiophene rings is 1. The lowest BCUT2D eigenvalue weighted by atomic mass is 10.0. The molecule has 0 saturated heterocycles. The molecule has 0 bridgehead atoms. The molecule has 0 radical (unpaired) electrons. The summed E-state index contributed by atoms with van der Waals surface area (Å²) in [4.78, 5) is 47.4. The van der Waals surface area contributed by atoms with Crippen molar-refractivity contribution in [2.45, 2.75) is 51.3 Å². The van der Waals surface area contributed by atoms with Crippen molar-refractivity contribution in [3.05, 3.63) is 22.4 Å². The minimum atomic E-state index is -3.02. The van der Waals surface area contributed by atoms with Gasteiger partial charge >= 0.3 is 5.97 Å². The summed E-state index contributed by atoms with van der Waals surface area (Å²) in [5, 5.41) is 24.7. The molecule has 3 atom stereocenters. The summed E-state index contributed by atoms with van der Waals surface area (Å²) in [5.41, 5.74) is 0. The fraction of sp³-hybridized carbons (Fsp3) is 0.529. The average molecular weight is 420 g/mol. The summed E-state index contributed by atoms with van der Waals surface area (Å²) in [6.07, 6.45) is -5.64. The Labute approximate surface area is 163 Å². The van der Waals surface area contributed by atoms with Gasteiger partial charge in [-0.3, -0.25) is 14.4 Å². The Bertz CT molecular complexity index is 696. The van der Waals surface area contributed by atoms with Gasteiger partial charge in [-0.25, -0.2) is 13.6 Å². The zero-order valence-corrected chi connectivity index (χ0v) is 16.0. The third-order valence-electron chi connectivity index (χ3n) is 3.66. The number of halogens is 2. The van der Waals surface area contributed by atoms with Crippen molar-refractivity contribution < 1.29 is 38.2 Å². The Balaban J connectivity index is 2.91. The molecule has 0 aliphatic heterocycles. The van der Waals surface area contributed by atoms with E-state index < -0.39 is 54.6 Å². The molecule has 11 heteroatoms. The minimum absolute atomic E-state index is 0.0807. The molecule has 4 N–H and O–H groups in total. The number of aliphatic carboxylic acids is 1. The smallest absolute Gasteiger partial charge is 0.374 e. The number of carbonyl (C=O) groups is 4. The highest BCUT2D eigenvalue weighted by Gasteiger charge is 2.33. The minimum Gasteiger partial charge on any atom is -0.475 e. The van der Waals surface area contributed by atoms with Crippen LogP contribution in [-0.2, 0) is 19.2 Å². The third-order valence-corrected chi connectivity index (χ3v) is 4.58. The Hall–Kier alpha value is -2.40. The zero-order chi connectivity index (χ0) is 21.4. The lowest BCUT2D eigenvalue weighted by Crippen LogP contribution is -2.54. The van der Waals surface area contributed by atoms with Crippen molar-refractivity contribution >= 4 is 34.9 Å². The molecular formula is C17H22F2N2O6S. The van der Waals surface area contributed by atoms with E-state index in [0.717, 1.165) is 11.3 Å². The lowest BCUT2D eigenvalue weighted by Gasteiger charge is -2.24. The van der Waals surface area contributed by atoms with Crippen LogP contribution in [0.4, 0.5) is 8.78 Å². The number of Topliss-reactive ketones (excluding diaryl/α,β-unsaturated/α-hetero) is 1. The number of carboxylic acids is 1. The van der Waals surface area contributed by atoms with Crippen LogP contribution in [0.3, 0.4) is 0 Å². The average Bonchev–Trinajstić information content (AvgIpc) is 3.12. The predicted molar refractivity (Wildman–Crippen MR) is 95.9 cm³/mol. The Kier molecular flexibility index (Phi) is 9.13. The Morgan fingerprint density at radius 3 is 2.14 bits per heavy atom. The summed E-state index contributed by atoms with van der Waals surface area (Å²) >= 11 is 1.13. The Morgan fingerprint density at radius 1 is 1.07 bits per heavy atom. The first-order valence-corrected chi connectivity index (χ1v) is 9.28. The van der Waals surface area contributed by atoms with Crippen LogP contribution in [0.1, 0.15) is 37.7 Å². The highest BCUT2D eigenvalue weighted by molar-refractivity contribution is 7.10. The quantitative estimate of drug-likeness (QED) is 0.397. The first kappa shape index (κ1) is 23.6. The monoisotopic (exact) mass is 420 g/mol. The Morgan fingerprint density at radius 2 is 1.68 bits per heavy atom. The molecule has 0 aliphatic carbocycles. The molecule has 0 fully saturated rings. The van der Waals surface area contributed by atoms with Crippen molar-refractivity contribution in [2.75, 3.05) is 0 Å². The molecule has 1 aromatic rings. The van der Waals surface area contributed by atoms with Crippen LogP contribution in [-0.4, -0.2) is 52.3 Å². The second-order valence-corrected chi connectivity index (χ2v) is 7.45. The first-order valence-electron chi connectivity index (χ1n) is 8.40. The van der Waals surface area contributed by atoms with Crippen LogP contribution < -0.4 is 10.6 Å². The van der Waals surface area contributed by atoms with Gasteiger partial charge in [0.05, 0.1) is 0 Å². The van der Waals surface area contributed by atoms with Gasteiger partial charge in [0, 0.05) is 11.3 Å². The summed E-state index contributed by atoms with van der Waals surface area (Å²) in [6, 6.07) is -0.0274. The van der Waals surface area contributed by atoms with Crippen molar-refractivity contribution in [3.8, 4) is 0 Å². The molecule has 0 aromatic carbocycles. The number of hydrogen-bond acceptors (Lipinski definition) is 6. The molecule has 0 aliphatic rings. The molecular weight excluding hydrogens is 398 g/mol. The highest BCUT2D eigenvalue weighted by Crippen LogP contribution is 2.19. The number of rotatable bonds is 11. The summed E-state index contributed by atoms with van der Waals surface area (Å²) in [6.45, 7) is 3.47. The van der Waals surface area contributed by atoms with E-state index >= 15 is 0 Å². The summed E-state index contributed by atoms with van der Waals surface area (Å²) in [5.74, 6) is -5.51. The number of aliphatic hydroxyl groups is 1. The van der Waals surface area contributed by atoms with Gasteiger partial charge in [0.15, 0.2) is 6.10 Å². The topological polar surface area (TPSA) is 133 Å². The molecule has 1 rings (SSSR count). The summed E-state index contributed by atoms with van der Waals surface area (Å²) in [7, 11) is 0. The molecule has 1 aromatic heterocycles. The number of aliphatic hydroxyl groups excluding tert-OH is 1. The molecule has 28 heavy (non-hydrogen) atoms. The maximum atomic E-state index is 12.6. The van der Waals surface area contributed by atoms with Crippen LogP contribution in [0, 0.1) is 5.92 Å². The van der Waals surface area contributed by atoms with Gasteiger partial charge in [-0.05, 0) is 23.8 Å². The molecule has 2 amide bonds. The predicted octanol–water partition coefficient (Wildman–Crippen LogP) is 1.11.